The Morgan fingerprint density at radius 3 is 2.61 bits per heavy atom. The molecule has 31 heavy (non-hydrogen) atoms. The summed E-state index contributed by atoms with van der Waals surface area (Å²) in [5, 5.41) is 3.13. The van der Waals surface area contributed by atoms with Crippen molar-refractivity contribution in [1.29, 1.82) is 0 Å². The molecule has 0 bridgehead atoms. The second-order valence-corrected chi connectivity index (χ2v) is 10.8. The van der Waals surface area contributed by atoms with E-state index in [0.717, 1.165) is 23.4 Å². The zero-order chi connectivity index (χ0) is 22.2. The summed E-state index contributed by atoms with van der Waals surface area (Å²) < 4.78 is 46.5. The van der Waals surface area contributed by atoms with Crippen LogP contribution in [0.4, 0.5) is 4.39 Å². The molecule has 1 saturated heterocycles. The lowest BCUT2D eigenvalue weighted by molar-refractivity contribution is -0.127. The molecule has 8 heteroatoms. The molecule has 2 aliphatic heterocycles. The molecule has 2 aromatic rings. The quantitative estimate of drug-likeness (QED) is 0.778. The molecule has 2 heterocycles. The summed E-state index contributed by atoms with van der Waals surface area (Å²) in [5.41, 5.74) is 0.512. The minimum absolute atomic E-state index is 0.0371. The molecule has 1 amide bonds. The van der Waals surface area contributed by atoms with Crippen LogP contribution in [-0.4, -0.2) is 37.3 Å². The number of nitrogens with zero attached hydrogens (tertiary/aromatic N) is 1. The Hall–Kier alpha value is -2.45. The molecule has 2 atom stereocenters. The van der Waals surface area contributed by atoms with E-state index in [0.29, 0.717) is 25.8 Å². The Labute approximate surface area is 182 Å². The van der Waals surface area contributed by atoms with Gasteiger partial charge in [-0.25, -0.2) is 12.8 Å². The molecule has 2 aromatic carbocycles. The van der Waals surface area contributed by atoms with Crippen molar-refractivity contribution in [2.45, 2.75) is 49.6 Å². The highest BCUT2D eigenvalue weighted by atomic mass is 32.2. The third kappa shape index (κ3) is 4.60. The van der Waals surface area contributed by atoms with Crippen molar-refractivity contribution in [3.05, 3.63) is 59.9 Å². The first-order chi connectivity index (χ1) is 14.7. The van der Waals surface area contributed by atoms with Crippen molar-refractivity contribution in [1.82, 2.24) is 9.62 Å². The SMILES string of the molecule is CC1(C)CC(NC(=O)C2CCCN(S(=O)(=O)c3ccc(F)cc3)C2)c2ccccc2O1. The van der Waals surface area contributed by atoms with Crippen molar-refractivity contribution in [2.24, 2.45) is 5.92 Å². The molecule has 6 nitrogen and oxygen atoms in total. The number of hydrogen-bond donors (Lipinski definition) is 1. The zero-order valence-corrected chi connectivity index (χ0v) is 18.5. The van der Waals surface area contributed by atoms with Gasteiger partial charge in [-0.2, -0.15) is 4.31 Å². The Bertz CT molecular complexity index is 1070. The molecule has 1 fully saturated rings. The van der Waals surface area contributed by atoms with Crippen molar-refractivity contribution in [3.8, 4) is 5.75 Å². The molecule has 1 N–H and O–H groups in total. The predicted octanol–water partition coefficient (Wildman–Crippen LogP) is 3.65. The molecule has 2 unspecified atom stereocenters. The number of carbonyl (C=O) groups is 1. The lowest BCUT2D eigenvalue weighted by Crippen LogP contribution is -2.48. The number of ether oxygens (including phenoxy) is 1. The van der Waals surface area contributed by atoms with Gasteiger partial charge >= 0.3 is 0 Å². The van der Waals surface area contributed by atoms with Crippen LogP contribution in [0.1, 0.15) is 44.7 Å². The van der Waals surface area contributed by atoms with Crippen molar-refractivity contribution < 1.29 is 22.3 Å². The molecule has 0 saturated carbocycles. The van der Waals surface area contributed by atoms with Gasteiger partial charge in [0.2, 0.25) is 15.9 Å². The summed E-state index contributed by atoms with van der Waals surface area (Å²) >= 11 is 0. The van der Waals surface area contributed by atoms with Crippen LogP contribution in [0.5, 0.6) is 5.75 Å². The van der Waals surface area contributed by atoms with Gasteiger partial charge < -0.3 is 10.1 Å². The van der Waals surface area contributed by atoms with Crippen LogP contribution in [-0.2, 0) is 14.8 Å². The maximum atomic E-state index is 13.2. The van der Waals surface area contributed by atoms with Gasteiger partial charge in [-0.15, -0.1) is 0 Å². The monoisotopic (exact) mass is 446 g/mol. The van der Waals surface area contributed by atoms with Crippen LogP contribution < -0.4 is 10.1 Å². The van der Waals surface area contributed by atoms with E-state index in [-0.39, 0.29) is 23.4 Å². The fourth-order valence-electron chi connectivity index (χ4n) is 4.35. The summed E-state index contributed by atoms with van der Waals surface area (Å²) in [5.74, 6) is -0.332. The maximum absolute atomic E-state index is 13.2. The fourth-order valence-corrected chi connectivity index (χ4v) is 5.87. The van der Waals surface area contributed by atoms with Gasteiger partial charge in [-0.1, -0.05) is 18.2 Å². The van der Waals surface area contributed by atoms with Crippen LogP contribution >= 0.6 is 0 Å². The number of para-hydroxylation sites is 1. The van der Waals surface area contributed by atoms with E-state index in [1.807, 2.05) is 38.1 Å². The van der Waals surface area contributed by atoms with E-state index in [4.69, 9.17) is 4.74 Å². The van der Waals surface area contributed by atoms with Crippen LogP contribution in [0.3, 0.4) is 0 Å². The molecule has 4 rings (SSSR count). The first kappa shape index (κ1) is 21.8. The summed E-state index contributed by atoms with van der Waals surface area (Å²) in [6.45, 7) is 4.43. The second kappa shape index (κ2) is 8.24. The number of benzene rings is 2. The first-order valence-electron chi connectivity index (χ1n) is 10.5. The molecule has 0 spiro atoms. The maximum Gasteiger partial charge on any atom is 0.243 e. The number of piperidine rings is 1. The smallest absolute Gasteiger partial charge is 0.243 e. The second-order valence-electron chi connectivity index (χ2n) is 8.82. The average molecular weight is 447 g/mol. The molecule has 0 aliphatic carbocycles. The Balaban J connectivity index is 1.49. The van der Waals surface area contributed by atoms with Gasteiger partial charge in [0.1, 0.15) is 17.2 Å². The first-order valence-corrected chi connectivity index (χ1v) is 11.9. The summed E-state index contributed by atoms with van der Waals surface area (Å²) in [6, 6.07) is 12.2. The van der Waals surface area contributed by atoms with Gasteiger partial charge in [0, 0.05) is 25.1 Å². The molecule has 0 radical (unpaired) electrons. The summed E-state index contributed by atoms with van der Waals surface area (Å²) in [4.78, 5) is 13.2. The average Bonchev–Trinajstić information content (AvgIpc) is 2.73. The summed E-state index contributed by atoms with van der Waals surface area (Å²) in [7, 11) is -3.78. The normalized spacial score (nSPS) is 23.5. The number of nitrogens with one attached hydrogen (secondary N) is 1. The highest BCUT2D eigenvalue weighted by Crippen LogP contribution is 2.39. The predicted molar refractivity (Wildman–Crippen MR) is 115 cm³/mol. The minimum Gasteiger partial charge on any atom is -0.487 e. The number of sulfonamides is 1. The molecule has 2 aliphatic rings. The van der Waals surface area contributed by atoms with Gasteiger partial charge in [0.15, 0.2) is 0 Å². The van der Waals surface area contributed by atoms with E-state index in [2.05, 4.69) is 5.32 Å². The highest BCUT2D eigenvalue weighted by Gasteiger charge is 2.37. The fraction of sp³-hybridized carbons (Fsp3) is 0.435. The number of fused-ring (bicyclic) bond motifs is 1. The van der Waals surface area contributed by atoms with Crippen molar-refractivity contribution >= 4 is 15.9 Å². The number of hydrogen-bond acceptors (Lipinski definition) is 4. The van der Waals surface area contributed by atoms with E-state index in [1.54, 1.807) is 0 Å². The van der Waals surface area contributed by atoms with E-state index < -0.39 is 27.4 Å². The Morgan fingerprint density at radius 2 is 1.87 bits per heavy atom. The number of carbonyl (C=O) groups excluding carboxylic acids is 1. The molecular formula is C23H27FN2O4S. The van der Waals surface area contributed by atoms with Gasteiger partial charge in [0.25, 0.3) is 0 Å². The van der Waals surface area contributed by atoms with Crippen LogP contribution in [0.25, 0.3) is 0 Å². The van der Waals surface area contributed by atoms with Crippen LogP contribution in [0, 0.1) is 11.7 Å². The summed E-state index contributed by atoms with van der Waals surface area (Å²) in [6.07, 6.45) is 1.84. The Morgan fingerprint density at radius 1 is 1.16 bits per heavy atom. The lowest BCUT2D eigenvalue weighted by Gasteiger charge is -2.39. The highest BCUT2D eigenvalue weighted by molar-refractivity contribution is 7.89. The molecule has 166 valence electrons. The van der Waals surface area contributed by atoms with Crippen molar-refractivity contribution in [3.63, 3.8) is 0 Å². The Kier molecular flexibility index (Phi) is 5.79. The zero-order valence-electron chi connectivity index (χ0n) is 17.7. The largest absolute Gasteiger partial charge is 0.487 e. The van der Waals surface area contributed by atoms with Crippen molar-refractivity contribution in [2.75, 3.05) is 13.1 Å². The number of halogens is 1. The van der Waals surface area contributed by atoms with Gasteiger partial charge in [-0.05, 0) is 57.0 Å². The number of rotatable bonds is 4. The number of amides is 1. The van der Waals surface area contributed by atoms with Crippen LogP contribution in [0.15, 0.2) is 53.4 Å². The van der Waals surface area contributed by atoms with E-state index in [9.17, 15) is 17.6 Å². The third-order valence-corrected chi connectivity index (χ3v) is 7.78. The van der Waals surface area contributed by atoms with E-state index >= 15 is 0 Å². The minimum atomic E-state index is -3.78. The van der Waals surface area contributed by atoms with Gasteiger partial charge in [0.05, 0.1) is 16.9 Å². The van der Waals surface area contributed by atoms with Gasteiger partial charge in [-0.3, -0.25) is 4.79 Å². The molecular weight excluding hydrogens is 419 g/mol. The third-order valence-electron chi connectivity index (χ3n) is 5.90. The van der Waals surface area contributed by atoms with Crippen LogP contribution in [0.2, 0.25) is 0 Å². The lowest BCUT2D eigenvalue weighted by atomic mass is 9.89. The van der Waals surface area contributed by atoms with E-state index in [1.165, 1.54) is 16.4 Å². The standard InChI is InChI=1S/C23H27FN2O4S/c1-23(2)14-20(19-7-3-4-8-21(19)30-23)25-22(27)16-6-5-13-26(15-16)31(28,29)18-11-9-17(24)10-12-18/h3-4,7-12,16,20H,5-6,13-15H2,1-2H3,(H,25,27). The topological polar surface area (TPSA) is 75.7 Å². The molecule has 0 aromatic heterocycles.